The maximum Gasteiger partial charge on any atom is 0.242 e. The van der Waals surface area contributed by atoms with Gasteiger partial charge in [-0.15, -0.1) is 0 Å². The highest BCUT2D eigenvalue weighted by Crippen LogP contribution is 2.20. The highest BCUT2D eigenvalue weighted by molar-refractivity contribution is 5.86. The topological polar surface area (TPSA) is 53.1 Å². The molecule has 3 rings (SSSR count). The number of likely N-dealkylation sites (tertiary alicyclic amines) is 1. The molecule has 0 saturated carbocycles. The first-order valence-corrected chi connectivity index (χ1v) is 8.12. The van der Waals surface area contributed by atoms with Crippen LogP contribution in [0.5, 0.6) is 5.75 Å². The predicted molar refractivity (Wildman–Crippen MR) is 87.6 cm³/mol. The van der Waals surface area contributed by atoms with Crippen LogP contribution in [0.3, 0.4) is 0 Å². The lowest BCUT2D eigenvalue weighted by atomic mass is 10.2. The second-order valence-electron chi connectivity index (χ2n) is 5.98. The average molecular weight is 317 g/mol. The van der Waals surface area contributed by atoms with E-state index in [1.165, 1.54) is 0 Å². The van der Waals surface area contributed by atoms with Crippen molar-refractivity contribution in [1.29, 1.82) is 0 Å². The van der Waals surface area contributed by atoms with Crippen LogP contribution in [-0.2, 0) is 9.59 Å². The summed E-state index contributed by atoms with van der Waals surface area (Å²) in [6.45, 7) is 3.98. The maximum absolute atomic E-state index is 12.3. The first-order valence-electron chi connectivity index (χ1n) is 8.12. The zero-order valence-electron chi connectivity index (χ0n) is 13.5. The van der Waals surface area contributed by atoms with E-state index in [9.17, 15) is 9.59 Å². The Morgan fingerprint density at radius 1 is 1.09 bits per heavy atom. The fourth-order valence-corrected chi connectivity index (χ4v) is 3.14. The van der Waals surface area contributed by atoms with Crippen molar-refractivity contribution in [2.75, 3.05) is 51.3 Å². The fraction of sp³-hybridized carbons (Fsp3) is 0.529. The molecule has 0 unspecified atom stereocenters. The number of amides is 2. The number of carbonyl (C=O) groups excluding carboxylic acids is 2. The summed E-state index contributed by atoms with van der Waals surface area (Å²) in [5.74, 6) is 1.02. The van der Waals surface area contributed by atoms with E-state index in [-0.39, 0.29) is 18.4 Å². The number of hydrogen-bond acceptors (Lipinski definition) is 4. The summed E-state index contributed by atoms with van der Waals surface area (Å²) >= 11 is 0. The molecule has 0 aliphatic carbocycles. The molecule has 124 valence electrons. The van der Waals surface area contributed by atoms with Crippen LogP contribution in [0.2, 0.25) is 0 Å². The zero-order valence-corrected chi connectivity index (χ0v) is 13.5. The molecule has 2 aliphatic rings. The molecule has 0 radical (unpaired) electrons. The van der Waals surface area contributed by atoms with Gasteiger partial charge in [-0.05, 0) is 30.7 Å². The molecule has 23 heavy (non-hydrogen) atoms. The number of methoxy groups -OCH3 is 1. The van der Waals surface area contributed by atoms with Crippen LogP contribution in [0.1, 0.15) is 12.8 Å². The minimum Gasteiger partial charge on any atom is -0.497 e. The molecular formula is C17H23N3O3. The fourth-order valence-electron chi connectivity index (χ4n) is 3.14. The highest BCUT2D eigenvalue weighted by atomic mass is 16.5. The lowest BCUT2D eigenvalue weighted by Crippen LogP contribution is -2.51. The van der Waals surface area contributed by atoms with E-state index in [4.69, 9.17) is 4.74 Å². The van der Waals surface area contributed by atoms with Crippen LogP contribution in [0.25, 0.3) is 0 Å². The predicted octanol–water partition coefficient (Wildman–Crippen LogP) is 0.966. The summed E-state index contributed by atoms with van der Waals surface area (Å²) in [5.41, 5.74) is 1.15. The SMILES string of the molecule is COc1ccc(N2CCN(C(=O)CN3CCCC3=O)CC2)cc1. The minimum absolute atomic E-state index is 0.0645. The number of benzene rings is 1. The average Bonchev–Trinajstić information content (AvgIpc) is 3.00. The van der Waals surface area contributed by atoms with Gasteiger partial charge < -0.3 is 19.4 Å². The van der Waals surface area contributed by atoms with Crippen molar-refractivity contribution in [1.82, 2.24) is 9.80 Å². The molecule has 2 amide bonds. The molecule has 1 aromatic rings. The summed E-state index contributed by atoms with van der Waals surface area (Å²) in [4.78, 5) is 29.8. The van der Waals surface area contributed by atoms with Crippen LogP contribution in [0, 0.1) is 0 Å². The second kappa shape index (κ2) is 6.89. The van der Waals surface area contributed by atoms with Crippen molar-refractivity contribution in [2.45, 2.75) is 12.8 Å². The summed E-state index contributed by atoms with van der Waals surface area (Å²) in [6, 6.07) is 7.98. The quantitative estimate of drug-likeness (QED) is 0.830. The van der Waals surface area contributed by atoms with Crippen LogP contribution < -0.4 is 9.64 Å². The van der Waals surface area contributed by atoms with Gasteiger partial charge in [0.25, 0.3) is 0 Å². The van der Waals surface area contributed by atoms with E-state index in [1.807, 2.05) is 29.2 Å². The Kier molecular flexibility index (Phi) is 4.69. The minimum atomic E-state index is 0.0645. The van der Waals surface area contributed by atoms with Crippen molar-refractivity contribution in [2.24, 2.45) is 0 Å². The summed E-state index contributed by atoms with van der Waals surface area (Å²) in [6.07, 6.45) is 1.45. The number of anilines is 1. The highest BCUT2D eigenvalue weighted by Gasteiger charge is 2.26. The van der Waals surface area contributed by atoms with Gasteiger partial charge in [-0.2, -0.15) is 0 Å². The summed E-state index contributed by atoms with van der Waals surface area (Å²) in [5, 5.41) is 0. The molecule has 2 fully saturated rings. The van der Waals surface area contributed by atoms with E-state index in [1.54, 1.807) is 12.0 Å². The van der Waals surface area contributed by atoms with E-state index >= 15 is 0 Å². The molecule has 2 aliphatic heterocycles. The van der Waals surface area contributed by atoms with Crippen molar-refractivity contribution < 1.29 is 14.3 Å². The van der Waals surface area contributed by atoms with Crippen molar-refractivity contribution >= 4 is 17.5 Å². The molecular weight excluding hydrogens is 294 g/mol. The Hall–Kier alpha value is -2.24. The molecule has 0 atom stereocenters. The number of piperazine rings is 1. The summed E-state index contributed by atoms with van der Waals surface area (Å²) < 4.78 is 5.17. The third kappa shape index (κ3) is 3.57. The van der Waals surface area contributed by atoms with E-state index in [0.29, 0.717) is 19.5 Å². The Morgan fingerprint density at radius 2 is 1.78 bits per heavy atom. The third-order valence-electron chi connectivity index (χ3n) is 4.57. The van der Waals surface area contributed by atoms with Crippen LogP contribution in [-0.4, -0.2) is 68.0 Å². The van der Waals surface area contributed by atoms with Gasteiger partial charge in [0.1, 0.15) is 5.75 Å². The monoisotopic (exact) mass is 317 g/mol. The van der Waals surface area contributed by atoms with Gasteiger partial charge in [0.05, 0.1) is 13.7 Å². The molecule has 2 saturated heterocycles. The zero-order chi connectivity index (χ0) is 16.2. The molecule has 0 bridgehead atoms. The second-order valence-corrected chi connectivity index (χ2v) is 5.98. The van der Waals surface area contributed by atoms with Crippen LogP contribution >= 0.6 is 0 Å². The van der Waals surface area contributed by atoms with Gasteiger partial charge >= 0.3 is 0 Å². The number of rotatable bonds is 4. The van der Waals surface area contributed by atoms with E-state index < -0.39 is 0 Å². The molecule has 0 aromatic heterocycles. The Labute approximate surface area is 136 Å². The Bertz CT molecular complexity index is 565. The Balaban J connectivity index is 1.51. The number of nitrogens with zero attached hydrogens (tertiary/aromatic N) is 3. The van der Waals surface area contributed by atoms with E-state index in [0.717, 1.165) is 37.5 Å². The molecule has 0 N–H and O–H groups in total. The third-order valence-corrected chi connectivity index (χ3v) is 4.57. The van der Waals surface area contributed by atoms with Crippen molar-refractivity contribution in [3.63, 3.8) is 0 Å². The van der Waals surface area contributed by atoms with Crippen molar-refractivity contribution in [3.05, 3.63) is 24.3 Å². The molecule has 6 nitrogen and oxygen atoms in total. The van der Waals surface area contributed by atoms with Gasteiger partial charge in [-0.25, -0.2) is 0 Å². The number of hydrogen-bond donors (Lipinski definition) is 0. The standard InChI is InChI=1S/C17H23N3O3/c1-23-15-6-4-14(5-7-15)18-9-11-19(12-10-18)17(22)13-20-8-2-3-16(20)21/h4-7H,2-3,8-13H2,1H3. The normalized spacial score (nSPS) is 18.5. The van der Waals surface area contributed by atoms with Gasteiger partial charge in [0, 0.05) is 44.8 Å². The largest absolute Gasteiger partial charge is 0.497 e. The Morgan fingerprint density at radius 3 is 2.35 bits per heavy atom. The van der Waals surface area contributed by atoms with Crippen LogP contribution in [0.15, 0.2) is 24.3 Å². The van der Waals surface area contributed by atoms with Crippen molar-refractivity contribution in [3.8, 4) is 5.75 Å². The smallest absolute Gasteiger partial charge is 0.242 e. The first-order chi connectivity index (χ1) is 11.2. The van der Waals surface area contributed by atoms with Gasteiger partial charge in [0.2, 0.25) is 11.8 Å². The summed E-state index contributed by atoms with van der Waals surface area (Å²) in [7, 11) is 1.66. The van der Waals surface area contributed by atoms with E-state index in [2.05, 4.69) is 4.90 Å². The van der Waals surface area contributed by atoms with Crippen LogP contribution in [0.4, 0.5) is 5.69 Å². The molecule has 6 heteroatoms. The first kappa shape index (κ1) is 15.6. The lowest BCUT2D eigenvalue weighted by Gasteiger charge is -2.36. The maximum atomic E-state index is 12.3. The van der Waals surface area contributed by atoms with Gasteiger partial charge in [-0.1, -0.05) is 0 Å². The lowest BCUT2D eigenvalue weighted by molar-refractivity contribution is -0.138. The molecule has 2 heterocycles. The number of carbonyl (C=O) groups is 2. The molecule has 1 aromatic carbocycles. The van der Waals surface area contributed by atoms with Gasteiger partial charge in [-0.3, -0.25) is 9.59 Å². The molecule has 0 spiro atoms. The number of ether oxygens (including phenoxy) is 1. The van der Waals surface area contributed by atoms with Gasteiger partial charge in [0.15, 0.2) is 0 Å².